The number of ether oxygens (including phenoxy) is 3. The van der Waals surface area contributed by atoms with Crippen molar-refractivity contribution in [1.82, 2.24) is 30.3 Å². The van der Waals surface area contributed by atoms with Crippen LogP contribution in [0.25, 0.3) is 0 Å². The Morgan fingerprint density at radius 1 is 1.08 bits per heavy atom. The maximum absolute atomic E-state index is 15.5. The molecule has 14 heteroatoms. The van der Waals surface area contributed by atoms with Gasteiger partial charge in [-0.25, -0.2) is 19.0 Å². The Balaban J connectivity index is 1.42. The van der Waals surface area contributed by atoms with Gasteiger partial charge in [0.05, 0.1) is 5.56 Å². The van der Waals surface area contributed by atoms with Crippen molar-refractivity contribution in [1.29, 1.82) is 0 Å². The van der Waals surface area contributed by atoms with Gasteiger partial charge in [0.25, 0.3) is 11.8 Å². The van der Waals surface area contributed by atoms with Crippen LogP contribution in [-0.2, 0) is 9.59 Å². The maximum atomic E-state index is 15.5. The molecule has 1 aromatic carbocycles. The van der Waals surface area contributed by atoms with E-state index >= 15 is 4.39 Å². The fourth-order valence-corrected chi connectivity index (χ4v) is 7.08. The van der Waals surface area contributed by atoms with Gasteiger partial charge in [0.1, 0.15) is 6.33 Å². The Morgan fingerprint density at radius 3 is 2.45 bits per heavy atom. The van der Waals surface area contributed by atoms with Crippen molar-refractivity contribution in [2.75, 3.05) is 50.7 Å². The Kier molecular flexibility index (Phi) is 11.5. The smallest absolute Gasteiger partial charge is 0.336 e. The van der Waals surface area contributed by atoms with Crippen LogP contribution in [0.5, 0.6) is 23.1 Å². The van der Waals surface area contributed by atoms with Crippen molar-refractivity contribution in [3.63, 3.8) is 0 Å². The van der Waals surface area contributed by atoms with Gasteiger partial charge in [-0.1, -0.05) is 20.8 Å². The van der Waals surface area contributed by atoms with Crippen LogP contribution >= 0.6 is 0 Å². The summed E-state index contributed by atoms with van der Waals surface area (Å²) in [5.41, 5.74) is -0.161. The van der Waals surface area contributed by atoms with Gasteiger partial charge in [-0.3, -0.25) is 9.69 Å². The highest BCUT2D eigenvalue weighted by Gasteiger charge is 2.50. The predicted molar refractivity (Wildman–Crippen MR) is 180 cm³/mol. The summed E-state index contributed by atoms with van der Waals surface area (Å²) in [6.45, 7) is 17.9. The number of likely N-dealkylation sites (tertiary alicyclic amines) is 1. The average Bonchev–Trinajstić information content (AvgIpc) is 3.49. The lowest BCUT2D eigenvalue weighted by atomic mass is 9.76. The SMILES string of the molecule is CCCNCCCC(C(C)C)N1CC2(CCN(c3ncnnc3Oc3c(C(=O)N(CC)C(C)C)cc(F)c4c3OC(=O)/C=C/C(=O)O4)C2)C1. The van der Waals surface area contributed by atoms with Crippen LogP contribution in [0.4, 0.5) is 10.2 Å². The molecular formula is C35H48FN7O6. The number of aromatic nitrogens is 3. The van der Waals surface area contributed by atoms with E-state index in [1.807, 2.05) is 13.8 Å². The first-order valence-corrected chi connectivity index (χ1v) is 17.3. The summed E-state index contributed by atoms with van der Waals surface area (Å²) in [6.07, 6.45) is 7.36. The Labute approximate surface area is 287 Å². The molecule has 1 spiro atoms. The number of nitrogens with zero attached hydrogens (tertiary/aromatic N) is 6. The number of hydrogen-bond donors (Lipinski definition) is 1. The molecule has 3 aliphatic rings. The molecule has 1 unspecified atom stereocenters. The van der Waals surface area contributed by atoms with Crippen LogP contribution in [0, 0.1) is 17.2 Å². The maximum Gasteiger partial charge on any atom is 0.336 e. The molecule has 0 bridgehead atoms. The van der Waals surface area contributed by atoms with E-state index in [0.29, 0.717) is 37.4 Å². The topological polar surface area (TPSA) is 139 Å². The summed E-state index contributed by atoms with van der Waals surface area (Å²) in [7, 11) is 0. The normalized spacial score (nSPS) is 18.4. The second-order valence-electron chi connectivity index (χ2n) is 13.7. The van der Waals surface area contributed by atoms with E-state index < -0.39 is 35.2 Å². The standard InChI is InChI=1S/C35H48FN7O6/c1-7-14-37-15-9-10-26(22(3)4)42-19-35(20-42)13-16-41(18-35)32-33(40-39-21-38-32)49-29-24(34(46)43(8-2)23(5)6)17-25(36)30-31(29)48-28(45)12-11-27(44)47-30/h11-12,17,21-23,26,37H,7-10,13-16,18-20H2,1-6H3/b12-11+. The molecule has 4 heterocycles. The van der Waals surface area contributed by atoms with Crippen molar-refractivity contribution in [2.24, 2.45) is 11.3 Å². The lowest BCUT2D eigenvalue weighted by Gasteiger charge is -2.53. The van der Waals surface area contributed by atoms with Crippen molar-refractivity contribution in [3.8, 4) is 23.1 Å². The molecule has 0 saturated carbocycles. The lowest BCUT2D eigenvalue weighted by molar-refractivity contribution is -0.133. The Bertz CT molecular complexity index is 1560. The minimum atomic E-state index is -1.08. The summed E-state index contributed by atoms with van der Waals surface area (Å²) in [5, 5.41) is 11.6. The molecule has 2 saturated heterocycles. The van der Waals surface area contributed by atoms with Gasteiger partial charge in [0.2, 0.25) is 11.5 Å². The van der Waals surface area contributed by atoms with E-state index in [2.05, 4.69) is 51.1 Å². The summed E-state index contributed by atoms with van der Waals surface area (Å²) in [5.74, 6) is -4.34. The van der Waals surface area contributed by atoms with Gasteiger partial charge in [0, 0.05) is 62.4 Å². The number of rotatable bonds is 14. The molecule has 3 aliphatic heterocycles. The zero-order chi connectivity index (χ0) is 35.3. The number of carbonyl (C=O) groups is 3. The molecule has 5 rings (SSSR count). The number of fused-ring (bicyclic) bond motifs is 1. The molecule has 2 aromatic rings. The van der Waals surface area contributed by atoms with Crippen molar-refractivity contribution in [2.45, 2.75) is 79.3 Å². The van der Waals surface area contributed by atoms with E-state index in [1.54, 1.807) is 6.92 Å². The first-order chi connectivity index (χ1) is 23.5. The molecule has 13 nitrogen and oxygen atoms in total. The highest BCUT2D eigenvalue weighted by molar-refractivity contribution is 6.01. The van der Waals surface area contributed by atoms with Crippen molar-refractivity contribution < 1.29 is 33.0 Å². The predicted octanol–water partition coefficient (Wildman–Crippen LogP) is 4.37. The van der Waals surface area contributed by atoms with Crippen LogP contribution in [0.3, 0.4) is 0 Å². The number of nitrogens with one attached hydrogen (secondary N) is 1. The van der Waals surface area contributed by atoms with E-state index in [9.17, 15) is 14.4 Å². The quantitative estimate of drug-likeness (QED) is 0.172. The van der Waals surface area contributed by atoms with Gasteiger partial charge in [0.15, 0.2) is 17.4 Å². The zero-order valence-corrected chi connectivity index (χ0v) is 29.3. The van der Waals surface area contributed by atoms with Crippen molar-refractivity contribution >= 4 is 23.7 Å². The average molecular weight is 682 g/mol. The van der Waals surface area contributed by atoms with Gasteiger partial charge < -0.3 is 29.3 Å². The number of benzene rings is 1. The monoisotopic (exact) mass is 681 g/mol. The number of amides is 1. The van der Waals surface area contributed by atoms with Crippen LogP contribution in [0.2, 0.25) is 0 Å². The van der Waals surface area contributed by atoms with E-state index in [1.165, 1.54) is 11.2 Å². The first kappa shape index (κ1) is 36.1. The molecule has 0 radical (unpaired) electrons. The summed E-state index contributed by atoms with van der Waals surface area (Å²) >= 11 is 0. The molecule has 1 N–H and O–H groups in total. The lowest BCUT2D eigenvalue weighted by Crippen LogP contribution is -2.62. The number of hydrogen-bond acceptors (Lipinski definition) is 12. The Hall–Kier alpha value is -4.17. The van der Waals surface area contributed by atoms with Gasteiger partial charge in [-0.2, -0.15) is 0 Å². The highest BCUT2D eigenvalue weighted by Crippen LogP contribution is 2.48. The molecule has 2 fully saturated rings. The summed E-state index contributed by atoms with van der Waals surface area (Å²) < 4.78 is 32.4. The number of carbonyl (C=O) groups excluding carboxylic acids is 3. The third kappa shape index (κ3) is 8.01. The third-order valence-corrected chi connectivity index (χ3v) is 9.47. The summed E-state index contributed by atoms with van der Waals surface area (Å²) in [4.78, 5) is 49.4. The molecule has 1 amide bonds. The minimum absolute atomic E-state index is 0.0641. The molecule has 1 aromatic heterocycles. The minimum Gasteiger partial charge on any atom is -0.430 e. The second kappa shape index (κ2) is 15.6. The first-order valence-electron chi connectivity index (χ1n) is 17.3. The largest absolute Gasteiger partial charge is 0.430 e. The van der Waals surface area contributed by atoms with Gasteiger partial charge >= 0.3 is 11.9 Å². The zero-order valence-electron chi connectivity index (χ0n) is 29.3. The third-order valence-electron chi connectivity index (χ3n) is 9.47. The second-order valence-corrected chi connectivity index (χ2v) is 13.7. The molecule has 49 heavy (non-hydrogen) atoms. The van der Waals surface area contributed by atoms with Gasteiger partial charge in [-0.05, 0) is 71.5 Å². The van der Waals surface area contributed by atoms with Crippen molar-refractivity contribution in [3.05, 3.63) is 35.9 Å². The number of halogens is 1. The molecule has 0 aliphatic carbocycles. The van der Waals surface area contributed by atoms with E-state index in [0.717, 1.165) is 70.1 Å². The molecular weight excluding hydrogens is 633 g/mol. The van der Waals surface area contributed by atoms with Crippen LogP contribution in [0.15, 0.2) is 24.5 Å². The fourth-order valence-electron chi connectivity index (χ4n) is 7.08. The Morgan fingerprint density at radius 2 is 1.80 bits per heavy atom. The van der Waals surface area contributed by atoms with Gasteiger partial charge in [-0.15, -0.1) is 10.2 Å². The summed E-state index contributed by atoms with van der Waals surface area (Å²) in [6, 6.07) is 1.18. The van der Waals surface area contributed by atoms with Crippen LogP contribution in [-0.4, -0.2) is 101 Å². The van der Waals surface area contributed by atoms with E-state index in [4.69, 9.17) is 14.2 Å². The molecule has 1 atom stereocenters. The molecule has 266 valence electrons. The fraction of sp³-hybridized carbons (Fsp3) is 0.600. The van der Waals surface area contributed by atoms with Crippen LogP contribution < -0.4 is 24.4 Å². The van der Waals surface area contributed by atoms with E-state index in [-0.39, 0.29) is 28.6 Å². The highest BCUT2D eigenvalue weighted by atomic mass is 19.1. The number of anilines is 1. The van der Waals surface area contributed by atoms with Crippen LogP contribution in [0.1, 0.15) is 77.6 Å². The number of esters is 2.